The topological polar surface area (TPSA) is 77.0 Å². The maximum Gasteiger partial charge on any atom is 0.363 e. The molecule has 4 rings (SSSR count). The van der Waals surface area contributed by atoms with Crippen molar-refractivity contribution in [1.29, 1.82) is 0 Å². The van der Waals surface area contributed by atoms with Gasteiger partial charge < -0.3 is 14.8 Å². The van der Waals surface area contributed by atoms with E-state index in [9.17, 15) is 14.0 Å². The van der Waals surface area contributed by atoms with E-state index in [2.05, 4.69) is 10.3 Å². The molecule has 3 aromatic carbocycles. The van der Waals surface area contributed by atoms with Crippen molar-refractivity contribution in [2.75, 3.05) is 5.32 Å². The van der Waals surface area contributed by atoms with Crippen molar-refractivity contribution in [3.05, 3.63) is 101 Å². The molecule has 32 heavy (non-hydrogen) atoms. The minimum absolute atomic E-state index is 0.0888. The molecular formula is C25H19FN2O4. The number of aliphatic imine (C=N–C) groups is 1. The Balaban J connectivity index is 1.49. The van der Waals surface area contributed by atoms with Gasteiger partial charge in [0.05, 0.1) is 0 Å². The molecule has 1 aliphatic heterocycles. The van der Waals surface area contributed by atoms with Crippen molar-refractivity contribution in [2.24, 2.45) is 4.99 Å². The van der Waals surface area contributed by atoms with E-state index in [0.29, 0.717) is 28.1 Å². The van der Waals surface area contributed by atoms with Crippen LogP contribution in [-0.2, 0) is 20.9 Å². The molecule has 0 radical (unpaired) electrons. The molecule has 7 heteroatoms. The molecule has 0 saturated carbocycles. The monoisotopic (exact) mass is 430 g/mol. The van der Waals surface area contributed by atoms with E-state index in [1.54, 1.807) is 72.8 Å². The lowest BCUT2D eigenvalue weighted by Crippen LogP contribution is -2.07. The van der Waals surface area contributed by atoms with Gasteiger partial charge in [-0.15, -0.1) is 0 Å². The quantitative estimate of drug-likeness (QED) is 0.454. The van der Waals surface area contributed by atoms with Gasteiger partial charge in [0.25, 0.3) is 0 Å². The number of nitrogens with zero attached hydrogens (tertiary/aromatic N) is 1. The van der Waals surface area contributed by atoms with Crippen LogP contribution in [0.5, 0.6) is 5.75 Å². The Hall–Kier alpha value is -4.26. The Labute approximate surface area is 184 Å². The summed E-state index contributed by atoms with van der Waals surface area (Å²) in [6.45, 7) is 1.51. The maximum atomic E-state index is 13.8. The number of ether oxygens (including phenoxy) is 2. The van der Waals surface area contributed by atoms with Crippen LogP contribution in [-0.4, -0.2) is 17.8 Å². The molecule has 0 aromatic heterocycles. The van der Waals surface area contributed by atoms with E-state index in [4.69, 9.17) is 9.47 Å². The smallest absolute Gasteiger partial charge is 0.363 e. The van der Waals surface area contributed by atoms with Crippen LogP contribution >= 0.6 is 0 Å². The molecule has 0 saturated heterocycles. The van der Waals surface area contributed by atoms with Crippen LogP contribution in [0, 0.1) is 5.82 Å². The summed E-state index contributed by atoms with van der Waals surface area (Å²) in [4.78, 5) is 27.7. The highest BCUT2D eigenvalue weighted by molar-refractivity contribution is 6.13. The zero-order valence-electron chi connectivity index (χ0n) is 17.2. The number of cyclic esters (lactones) is 1. The van der Waals surface area contributed by atoms with Crippen molar-refractivity contribution in [2.45, 2.75) is 13.5 Å². The number of nitrogens with one attached hydrogen (secondary N) is 1. The average molecular weight is 430 g/mol. The molecule has 0 spiro atoms. The van der Waals surface area contributed by atoms with E-state index < -0.39 is 5.97 Å². The lowest BCUT2D eigenvalue weighted by Gasteiger charge is -2.07. The van der Waals surface area contributed by atoms with Gasteiger partial charge in [0.15, 0.2) is 5.70 Å². The van der Waals surface area contributed by atoms with Crippen LogP contribution in [0.4, 0.5) is 10.1 Å². The fourth-order valence-corrected chi connectivity index (χ4v) is 3.06. The van der Waals surface area contributed by atoms with Gasteiger partial charge in [0.2, 0.25) is 11.8 Å². The first-order valence-electron chi connectivity index (χ1n) is 9.85. The number of amides is 1. The molecule has 0 fully saturated rings. The van der Waals surface area contributed by atoms with Crippen molar-refractivity contribution in [3.8, 4) is 5.75 Å². The third-order valence-corrected chi connectivity index (χ3v) is 4.59. The van der Waals surface area contributed by atoms with Gasteiger partial charge in [-0.3, -0.25) is 4.79 Å². The minimum atomic E-state index is -0.566. The molecule has 1 aliphatic rings. The molecule has 0 unspecified atom stereocenters. The third kappa shape index (κ3) is 5.07. The highest BCUT2D eigenvalue weighted by Crippen LogP contribution is 2.23. The number of rotatable bonds is 6. The molecule has 1 N–H and O–H groups in total. The van der Waals surface area contributed by atoms with Gasteiger partial charge in [0, 0.05) is 23.7 Å². The molecule has 0 aliphatic carbocycles. The number of halogens is 1. The Bertz CT molecular complexity index is 1230. The first kappa shape index (κ1) is 21.0. The summed E-state index contributed by atoms with van der Waals surface area (Å²) in [5.41, 5.74) is 2.53. The minimum Gasteiger partial charge on any atom is -0.489 e. The molecule has 1 heterocycles. The third-order valence-electron chi connectivity index (χ3n) is 4.59. The molecule has 0 atom stereocenters. The zero-order chi connectivity index (χ0) is 22.5. The van der Waals surface area contributed by atoms with Crippen LogP contribution in [0.25, 0.3) is 6.08 Å². The normalized spacial score (nSPS) is 14.1. The van der Waals surface area contributed by atoms with Crippen molar-refractivity contribution in [1.82, 2.24) is 0 Å². The Morgan fingerprint density at radius 2 is 1.88 bits per heavy atom. The molecule has 3 aromatic rings. The summed E-state index contributed by atoms with van der Waals surface area (Å²) >= 11 is 0. The zero-order valence-corrected chi connectivity index (χ0v) is 17.2. The summed E-state index contributed by atoms with van der Waals surface area (Å²) in [6, 6.07) is 20.3. The van der Waals surface area contributed by atoms with Gasteiger partial charge >= 0.3 is 5.97 Å². The molecule has 6 nitrogen and oxygen atoms in total. The van der Waals surface area contributed by atoms with Crippen LogP contribution < -0.4 is 10.1 Å². The SMILES string of the molecule is CC(=O)Nc1ccc(C2=N/C(=C\c3cccc(OCc4ccccc4F)c3)C(=O)O2)cc1. The Kier molecular flexibility index (Phi) is 6.07. The number of carbonyl (C=O) groups excluding carboxylic acids is 2. The molecule has 1 amide bonds. The standard InChI is InChI=1S/C25H19FN2O4/c1-16(29)27-20-11-9-18(10-12-20)24-28-23(25(30)32-24)14-17-5-4-7-21(13-17)31-15-19-6-2-3-8-22(19)26/h2-14H,15H2,1H3,(H,27,29)/b23-14-. The van der Waals surface area contributed by atoms with Gasteiger partial charge in [-0.1, -0.05) is 30.3 Å². The lowest BCUT2D eigenvalue weighted by atomic mass is 10.2. The fraction of sp³-hybridized carbons (Fsp3) is 0.0800. The van der Waals surface area contributed by atoms with Crippen molar-refractivity contribution < 1.29 is 23.5 Å². The summed E-state index contributed by atoms with van der Waals surface area (Å²) in [6.07, 6.45) is 1.59. The molecular weight excluding hydrogens is 411 g/mol. The van der Waals surface area contributed by atoms with Crippen LogP contribution in [0.1, 0.15) is 23.6 Å². The lowest BCUT2D eigenvalue weighted by molar-refractivity contribution is -0.129. The van der Waals surface area contributed by atoms with Gasteiger partial charge in [-0.2, -0.15) is 0 Å². The van der Waals surface area contributed by atoms with Crippen LogP contribution in [0.15, 0.2) is 83.5 Å². The predicted molar refractivity (Wildman–Crippen MR) is 119 cm³/mol. The van der Waals surface area contributed by atoms with Gasteiger partial charge in [-0.05, 0) is 54.1 Å². The second-order valence-corrected chi connectivity index (χ2v) is 7.05. The van der Waals surface area contributed by atoms with Crippen molar-refractivity contribution in [3.63, 3.8) is 0 Å². The van der Waals surface area contributed by atoms with Gasteiger partial charge in [0.1, 0.15) is 18.2 Å². The van der Waals surface area contributed by atoms with E-state index in [1.807, 2.05) is 0 Å². The number of hydrogen-bond donors (Lipinski definition) is 1. The van der Waals surface area contributed by atoms with Crippen molar-refractivity contribution >= 4 is 29.5 Å². The summed E-state index contributed by atoms with van der Waals surface area (Å²) in [5.74, 6) is -0.350. The second-order valence-electron chi connectivity index (χ2n) is 7.05. The average Bonchev–Trinajstić information content (AvgIpc) is 3.14. The Morgan fingerprint density at radius 3 is 2.62 bits per heavy atom. The van der Waals surface area contributed by atoms with E-state index in [1.165, 1.54) is 13.0 Å². The first-order valence-corrected chi connectivity index (χ1v) is 9.85. The summed E-state index contributed by atoms with van der Waals surface area (Å²) in [7, 11) is 0. The molecule has 160 valence electrons. The van der Waals surface area contributed by atoms with E-state index in [-0.39, 0.29) is 29.9 Å². The van der Waals surface area contributed by atoms with E-state index >= 15 is 0 Å². The first-order chi connectivity index (χ1) is 15.5. The van der Waals surface area contributed by atoms with Gasteiger partial charge in [-0.25, -0.2) is 14.2 Å². The molecule has 0 bridgehead atoms. The van der Waals surface area contributed by atoms with Crippen LogP contribution in [0.2, 0.25) is 0 Å². The number of benzene rings is 3. The van der Waals surface area contributed by atoms with E-state index in [0.717, 1.165) is 0 Å². The highest BCUT2D eigenvalue weighted by atomic mass is 19.1. The Morgan fingerprint density at radius 1 is 1.09 bits per heavy atom. The number of carbonyl (C=O) groups is 2. The maximum absolute atomic E-state index is 13.8. The summed E-state index contributed by atoms with van der Waals surface area (Å²) in [5, 5.41) is 2.67. The number of hydrogen-bond acceptors (Lipinski definition) is 5. The predicted octanol–water partition coefficient (Wildman–Crippen LogP) is 4.71. The number of esters is 1. The highest BCUT2D eigenvalue weighted by Gasteiger charge is 2.24. The second kappa shape index (κ2) is 9.26. The summed E-state index contributed by atoms with van der Waals surface area (Å²) < 4.78 is 24.7. The largest absolute Gasteiger partial charge is 0.489 e. The fourth-order valence-electron chi connectivity index (χ4n) is 3.06. The van der Waals surface area contributed by atoms with Crippen LogP contribution in [0.3, 0.4) is 0 Å². The number of anilines is 1.